The van der Waals surface area contributed by atoms with Crippen LogP contribution in [-0.2, 0) is 24.9 Å². The van der Waals surface area contributed by atoms with Gasteiger partial charge < -0.3 is 19.4 Å². The van der Waals surface area contributed by atoms with Crippen LogP contribution in [0.15, 0.2) is 40.0 Å². The van der Waals surface area contributed by atoms with Crippen LogP contribution in [0, 0.1) is 19.7 Å². The maximum Gasteiger partial charge on any atom is 0.278 e. The monoisotopic (exact) mass is 533 g/mol. The van der Waals surface area contributed by atoms with E-state index in [0.717, 1.165) is 17.0 Å². The van der Waals surface area contributed by atoms with Gasteiger partial charge in [0.15, 0.2) is 29.2 Å². The number of carbonyl (C=O) groups excluding carboxylic acids is 1. The average molecular weight is 534 g/mol. The number of methoxy groups -OCH3 is 1. The summed E-state index contributed by atoms with van der Waals surface area (Å²) in [6.45, 7) is 5.80. The number of hydrogen-bond acceptors (Lipinski definition) is 9. The molecule has 1 N–H and O–H groups in total. The van der Waals surface area contributed by atoms with Crippen LogP contribution in [0.3, 0.4) is 0 Å². The van der Waals surface area contributed by atoms with Gasteiger partial charge in [0.25, 0.3) is 11.8 Å². The number of pyridine rings is 1. The van der Waals surface area contributed by atoms with E-state index in [9.17, 15) is 9.18 Å². The summed E-state index contributed by atoms with van der Waals surface area (Å²) in [5.74, 6) is 0.258. The van der Waals surface area contributed by atoms with E-state index in [-0.39, 0.29) is 18.2 Å². The Hall–Kier alpha value is -4.61. The number of halogens is 1. The standard InChI is InChI=1S/C27H28FN7O4/c1-6-17-14(2)30-20(10-18(17)26(36)29-13-16-7-8-19(28)24(9-16)37-5)21-12-25(38-34-21)23-11-22(32-35(23)4)27-31-15(3)33-39-27/h7-11,25H,6,12-13H2,1-5H3,(H,29,36). The van der Waals surface area contributed by atoms with E-state index in [4.69, 9.17) is 19.1 Å². The summed E-state index contributed by atoms with van der Waals surface area (Å²) in [5.41, 5.74) is 5.33. The first-order valence-corrected chi connectivity index (χ1v) is 12.5. The maximum absolute atomic E-state index is 13.8. The minimum atomic E-state index is -0.458. The number of amides is 1. The van der Waals surface area contributed by atoms with Gasteiger partial charge in [-0.2, -0.15) is 10.1 Å². The van der Waals surface area contributed by atoms with Gasteiger partial charge in [0.05, 0.1) is 18.5 Å². The first-order chi connectivity index (χ1) is 18.8. The summed E-state index contributed by atoms with van der Waals surface area (Å²) in [5, 5.41) is 15.5. The Morgan fingerprint density at radius 2 is 2.03 bits per heavy atom. The SMILES string of the molecule is CCc1c(C(=O)NCc2ccc(F)c(OC)c2)cc(C2=NOC(c3cc(-c4nc(C)no4)nn3C)C2)nc1C. The number of aryl methyl sites for hydroxylation is 3. The van der Waals surface area contributed by atoms with E-state index in [1.807, 2.05) is 19.9 Å². The van der Waals surface area contributed by atoms with Crippen molar-refractivity contribution in [1.82, 2.24) is 30.2 Å². The second kappa shape index (κ2) is 10.6. The highest BCUT2D eigenvalue weighted by Crippen LogP contribution is 2.32. The first-order valence-electron chi connectivity index (χ1n) is 12.5. The normalized spacial score (nSPS) is 14.7. The predicted molar refractivity (Wildman–Crippen MR) is 139 cm³/mol. The molecule has 12 heteroatoms. The van der Waals surface area contributed by atoms with Gasteiger partial charge in [-0.25, -0.2) is 4.39 Å². The quantitative estimate of drug-likeness (QED) is 0.360. The molecular weight excluding hydrogens is 505 g/mol. The van der Waals surface area contributed by atoms with Gasteiger partial charge in [-0.3, -0.25) is 14.5 Å². The largest absolute Gasteiger partial charge is 0.494 e. The van der Waals surface area contributed by atoms with Crippen LogP contribution < -0.4 is 10.1 Å². The summed E-state index contributed by atoms with van der Waals surface area (Å²) < 4.78 is 25.7. The molecule has 1 atom stereocenters. The minimum absolute atomic E-state index is 0.125. The Bertz CT molecular complexity index is 1580. The maximum atomic E-state index is 13.8. The number of ether oxygens (including phenoxy) is 1. The zero-order valence-electron chi connectivity index (χ0n) is 22.3. The molecule has 0 aliphatic carbocycles. The smallest absolute Gasteiger partial charge is 0.278 e. The number of carbonyl (C=O) groups is 1. The minimum Gasteiger partial charge on any atom is -0.494 e. The fourth-order valence-electron chi connectivity index (χ4n) is 4.56. The molecule has 202 valence electrons. The van der Waals surface area contributed by atoms with E-state index < -0.39 is 11.9 Å². The molecule has 0 saturated carbocycles. The number of hydrogen-bond donors (Lipinski definition) is 1. The van der Waals surface area contributed by atoms with Crippen molar-refractivity contribution < 1.29 is 23.3 Å². The topological polar surface area (TPSA) is 130 Å². The second-order valence-electron chi connectivity index (χ2n) is 9.19. The molecule has 0 fully saturated rings. The molecule has 1 aromatic carbocycles. The molecule has 1 aliphatic rings. The van der Waals surface area contributed by atoms with Crippen molar-refractivity contribution in [3.63, 3.8) is 0 Å². The molecule has 4 aromatic rings. The second-order valence-corrected chi connectivity index (χ2v) is 9.19. The fourth-order valence-corrected chi connectivity index (χ4v) is 4.56. The lowest BCUT2D eigenvalue weighted by Crippen LogP contribution is -2.25. The van der Waals surface area contributed by atoms with Crippen molar-refractivity contribution >= 4 is 11.6 Å². The van der Waals surface area contributed by atoms with Crippen molar-refractivity contribution in [1.29, 1.82) is 0 Å². The van der Waals surface area contributed by atoms with Crippen LogP contribution in [0.5, 0.6) is 5.75 Å². The fraction of sp³-hybridized carbons (Fsp3) is 0.333. The molecule has 0 radical (unpaired) electrons. The van der Waals surface area contributed by atoms with Crippen molar-refractivity contribution in [3.8, 4) is 17.3 Å². The molecular formula is C27H28FN7O4. The van der Waals surface area contributed by atoms with Crippen LogP contribution in [0.2, 0.25) is 0 Å². The van der Waals surface area contributed by atoms with Crippen LogP contribution >= 0.6 is 0 Å². The number of oxime groups is 1. The highest BCUT2D eigenvalue weighted by molar-refractivity contribution is 6.03. The summed E-state index contributed by atoms with van der Waals surface area (Å²) in [7, 11) is 3.21. The Kier molecular flexibility index (Phi) is 7.09. The molecule has 0 spiro atoms. The molecule has 1 amide bonds. The van der Waals surface area contributed by atoms with E-state index in [1.54, 1.807) is 36.9 Å². The van der Waals surface area contributed by atoms with Crippen molar-refractivity contribution in [3.05, 3.63) is 75.7 Å². The van der Waals surface area contributed by atoms with E-state index in [2.05, 4.69) is 25.7 Å². The van der Waals surface area contributed by atoms with Crippen LogP contribution in [0.1, 0.15) is 63.8 Å². The van der Waals surface area contributed by atoms with Crippen LogP contribution in [-0.4, -0.2) is 43.6 Å². The van der Waals surface area contributed by atoms with Crippen LogP contribution in [0.25, 0.3) is 11.6 Å². The summed E-state index contributed by atoms with van der Waals surface area (Å²) in [6.07, 6.45) is 0.676. The predicted octanol–water partition coefficient (Wildman–Crippen LogP) is 3.99. The molecule has 39 heavy (non-hydrogen) atoms. The van der Waals surface area contributed by atoms with Crippen molar-refractivity contribution in [2.75, 3.05) is 7.11 Å². The third-order valence-electron chi connectivity index (χ3n) is 6.55. The van der Waals surface area contributed by atoms with E-state index in [1.165, 1.54) is 13.2 Å². The Morgan fingerprint density at radius 1 is 1.21 bits per heavy atom. The van der Waals surface area contributed by atoms with Crippen molar-refractivity contribution in [2.45, 2.75) is 46.3 Å². The number of rotatable bonds is 8. The molecule has 0 bridgehead atoms. The number of nitrogens with zero attached hydrogens (tertiary/aromatic N) is 6. The van der Waals surface area contributed by atoms with Gasteiger partial charge in [-0.15, -0.1) is 0 Å². The molecule has 1 aliphatic heterocycles. The molecule has 5 rings (SSSR count). The first kappa shape index (κ1) is 26.0. The number of aromatic nitrogens is 5. The highest BCUT2D eigenvalue weighted by atomic mass is 19.1. The van der Waals surface area contributed by atoms with Gasteiger partial charge in [-0.05, 0) is 55.7 Å². The number of nitrogens with one attached hydrogen (secondary N) is 1. The Morgan fingerprint density at radius 3 is 2.74 bits per heavy atom. The Labute approximate surface area is 224 Å². The molecule has 3 aromatic heterocycles. The van der Waals surface area contributed by atoms with Gasteiger partial charge in [-0.1, -0.05) is 23.3 Å². The van der Waals surface area contributed by atoms with Gasteiger partial charge in [0, 0.05) is 31.3 Å². The zero-order valence-corrected chi connectivity index (χ0v) is 22.3. The van der Waals surface area contributed by atoms with E-state index >= 15 is 0 Å². The lowest BCUT2D eigenvalue weighted by atomic mass is 9.99. The third kappa shape index (κ3) is 5.22. The summed E-state index contributed by atoms with van der Waals surface area (Å²) >= 11 is 0. The van der Waals surface area contributed by atoms with Crippen molar-refractivity contribution in [2.24, 2.45) is 12.2 Å². The highest BCUT2D eigenvalue weighted by Gasteiger charge is 2.30. The van der Waals surface area contributed by atoms with Gasteiger partial charge in [0.2, 0.25) is 0 Å². The van der Waals surface area contributed by atoms with E-state index in [0.29, 0.717) is 52.8 Å². The average Bonchev–Trinajstić information content (AvgIpc) is 3.67. The summed E-state index contributed by atoms with van der Waals surface area (Å²) in [6, 6.07) is 8.06. The van der Waals surface area contributed by atoms with Gasteiger partial charge >= 0.3 is 0 Å². The molecule has 11 nitrogen and oxygen atoms in total. The van der Waals surface area contributed by atoms with Crippen LogP contribution in [0.4, 0.5) is 4.39 Å². The number of benzene rings is 1. The molecule has 0 saturated heterocycles. The molecule has 4 heterocycles. The zero-order chi connectivity index (χ0) is 27.7. The molecule has 1 unspecified atom stereocenters. The Balaban J connectivity index is 1.34. The third-order valence-corrected chi connectivity index (χ3v) is 6.55. The lowest BCUT2D eigenvalue weighted by Gasteiger charge is -2.14. The summed E-state index contributed by atoms with van der Waals surface area (Å²) in [4.78, 5) is 28.0. The van der Waals surface area contributed by atoms with Gasteiger partial charge in [0.1, 0.15) is 5.71 Å². The lowest BCUT2D eigenvalue weighted by molar-refractivity contribution is 0.0796.